The Bertz CT molecular complexity index is 1550. The minimum atomic E-state index is -0.484. The molecule has 0 fully saturated rings. The number of phenolic OH excluding ortho intramolecular Hbond substituents is 1. The quantitative estimate of drug-likeness (QED) is 0.276. The van der Waals surface area contributed by atoms with E-state index in [0.29, 0.717) is 29.7 Å². The van der Waals surface area contributed by atoms with E-state index in [-0.39, 0.29) is 35.7 Å². The summed E-state index contributed by atoms with van der Waals surface area (Å²) < 4.78 is 6.38. The molecule has 3 aromatic carbocycles. The van der Waals surface area contributed by atoms with E-state index < -0.39 is 6.09 Å². The molecule has 0 unspecified atom stereocenters. The van der Waals surface area contributed by atoms with Crippen molar-refractivity contribution in [3.63, 3.8) is 0 Å². The largest absolute Gasteiger partial charge is 0.506 e. The third-order valence-electron chi connectivity index (χ3n) is 7.25. The molecule has 1 heterocycles. The SMILES string of the molecule is C=CC(=O)N(CCOC(=O)N(CCc1ccc(O)c2[nH]c(=O)sc12)Cc1ccccc1)C1Cc2ccccc2C1. The molecule has 206 valence electrons. The second-order valence-electron chi connectivity index (χ2n) is 9.80. The molecule has 4 aromatic rings. The number of carbonyl (C=O) groups excluding carboxylic acids is 2. The smallest absolute Gasteiger partial charge is 0.410 e. The van der Waals surface area contributed by atoms with Crippen LogP contribution in [0.25, 0.3) is 10.2 Å². The molecule has 1 aromatic heterocycles. The van der Waals surface area contributed by atoms with Gasteiger partial charge in [-0.1, -0.05) is 78.6 Å². The van der Waals surface area contributed by atoms with Crippen LogP contribution in [0.1, 0.15) is 22.3 Å². The third kappa shape index (κ3) is 6.10. The van der Waals surface area contributed by atoms with Gasteiger partial charge >= 0.3 is 11.0 Å². The standard InChI is InChI=1S/C31H31N3O5S/c1-2-27(36)34(25-18-23-10-6-7-11-24(23)19-25)16-17-39-31(38)33(20-21-8-4-3-5-9-21)15-14-22-12-13-26(35)28-29(22)40-30(37)32-28/h2-13,25,35H,1,14-20H2,(H,32,37). The number of amides is 2. The lowest BCUT2D eigenvalue weighted by Gasteiger charge is -2.28. The van der Waals surface area contributed by atoms with Gasteiger partial charge in [-0.2, -0.15) is 0 Å². The van der Waals surface area contributed by atoms with Crippen molar-refractivity contribution in [3.05, 3.63) is 111 Å². The lowest BCUT2D eigenvalue weighted by molar-refractivity contribution is -0.128. The van der Waals surface area contributed by atoms with Crippen molar-refractivity contribution < 1.29 is 19.4 Å². The molecule has 0 radical (unpaired) electrons. The fraction of sp³-hybridized carbons (Fsp3) is 0.258. The van der Waals surface area contributed by atoms with Gasteiger partial charge in [0.1, 0.15) is 17.9 Å². The summed E-state index contributed by atoms with van der Waals surface area (Å²) >= 11 is 1.04. The summed E-state index contributed by atoms with van der Waals surface area (Å²) in [5, 5.41) is 10.1. The maximum absolute atomic E-state index is 13.3. The number of phenols is 1. The highest BCUT2D eigenvalue weighted by Gasteiger charge is 2.29. The van der Waals surface area contributed by atoms with Gasteiger partial charge in [-0.3, -0.25) is 9.59 Å². The van der Waals surface area contributed by atoms with Gasteiger partial charge in [0.25, 0.3) is 0 Å². The van der Waals surface area contributed by atoms with Crippen LogP contribution in [0, 0.1) is 0 Å². The molecule has 2 amide bonds. The fourth-order valence-electron chi connectivity index (χ4n) is 5.23. The number of H-pyrrole nitrogens is 1. The zero-order valence-electron chi connectivity index (χ0n) is 22.0. The molecule has 0 spiro atoms. The molecule has 1 aliphatic carbocycles. The van der Waals surface area contributed by atoms with E-state index in [9.17, 15) is 19.5 Å². The lowest BCUT2D eigenvalue weighted by Crippen LogP contribution is -2.43. The van der Waals surface area contributed by atoms with Crippen LogP contribution in [0.2, 0.25) is 0 Å². The second kappa shape index (κ2) is 12.2. The number of fused-ring (bicyclic) bond motifs is 2. The molecule has 0 saturated heterocycles. The first kappa shape index (κ1) is 27.2. The summed E-state index contributed by atoms with van der Waals surface area (Å²) in [5.41, 5.74) is 4.68. The summed E-state index contributed by atoms with van der Waals surface area (Å²) in [7, 11) is 0. The number of aromatic amines is 1. The molecule has 2 N–H and O–H groups in total. The average molecular weight is 558 g/mol. The molecule has 8 nitrogen and oxygen atoms in total. The molecule has 1 aliphatic rings. The minimum absolute atomic E-state index is 0.00700. The monoisotopic (exact) mass is 557 g/mol. The van der Waals surface area contributed by atoms with Gasteiger partial charge in [0.05, 0.1) is 11.2 Å². The molecule has 0 atom stereocenters. The molecule has 0 saturated carbocycles. The summed E-state index contributed by atoms with van der Waals surface area (Å²) in [6, 6.07) is 21.1. The first-order valence-corrected chi connectivity index (χ1v) is 14.0. The van der Waals surface area contributed by atoms with Crippen LogP contribution in [-0.4, -0.2) is 57.6 Å². The number of hydrogen-bond donors (Lipinski definition) is 2. The number of thiazole rings is 1. The molecular formula is C31H31N3O5S. The van der Waals surface area contributed by atoms with Crippen LogP contribution in [0.15, 0.2) is 84.2 Å². The minimum Gasteiger partial charge on any atom is -0.506 e. The molecule has 0 aliphatic heterocycles. The molecule has 0 bridgehead atoms. The Labute approximate surface area is 236 Å². The lowest BCUT2D eigenvalue weighted by atomic mass is 10.1. The van der Waals surface area contributed by atoms with Crippen molar-refractivity contribution >= 4 is 33.6 Å². The molecule has 9 heteroatoms. The van der Waals surface area contributed by atoms with Crippen LogP contribution in [0.3, 0.4) is 0 Å². The van der Waals surface area contributed by atoms with Crippen molar-refractivity contribution in [2.24, 2.45) is 0 Å². The predicted octanol–water partition coefficient (Wildman–Crippen LogP) is 4.66. The maximum Gasteiger partial charge on any atom is 0.410 e. The van der Waals surface area contributed by atoms with E-state index in [1.54, 1.807) is 21.9 Å². The van der Waals surface area contributed by atoms with E-state index in [4.69, 9.17) is 4.74 Å². The van der Waals surface area contributed by atoms with Gasteiger partial charge in [0, 0.05) is 19.1 Å². The Kier molecular flexibility index (Phi) is 8.31. The van der Waals surface area contributed by atoms with Gasteiger partial charge in [-0.15, -0.1) is 0 Å². The zero-order chi connectivity index (χ0) is 28.1. The summed E-state index contributed by atoms with van der Waals surface area (Å²) in [6.45, 7) is 4.67. The van der Waals surface area contributed by atoms with Crippen molar-refractivity contribution in [3.8, 4) is 5.75 Å². The van der Waals surface area contributed by atoms with Crippen molar-refractivity contribution in [1.29, 1.82) is 0 Å². The van der Waals surface area contributed by atoms with Gasteiger partial charge in [-0.05, 0) is 53.7 Å². The number of aromatic nitrogens is 1. The number of aromatic hydroxyl groups is 1. The highest BCUT2D eigenvalue weighted by molar-refractivity contribution is 7.16. The van der Waals surface area contributed by atoms with Gasteiger partial charge in [0.15, 0.2) is 0 Å². The van der Waals surface area contributed by atoms with E-state index in [2.05, 4.69) is 23.7 Å². The topological polar surface area (TPSA) is 103 Å². The Morgan fingerprint density at radius 1 is 1.02 bits per heavy atom. The summed E-state index contributed by atoms with van der Waals surface area (Å²) in [6.07, 6.45) is 2.81. The highest BCUT2D eigenvalue weighted by Crippen LogP contribution is 2.28. The van der Waals surface area contributed by atoms with Crippen LogP contribution < -0.4 is 4.87 Å². The van der Waals surface area contributed by atoms with Crippen LogP contribution in [-0.2, 0) is 35.3 Å². The Balaban J connectivity index is 1.26. The summed E-state index contributed by atoms with van der Waals surface area (Å²) in [4.78, 5) is 43.7. The Hall–Kier alpha value is -4.37. The van der Waals surface area contributed by atoms with Crippen molar-refractivity contribution in [1.82, 2.24) is 14.8 Å². The van der Waals surface area contributed by atoms with E-state index in [1.807, 2.05) is 42.5 Å². The molecule has 40 heavy (non-hydrogen) atoms. The number of nitrogens with one attached hydrogen (secondary N) is 1. The van der Waals surface area contributed by atoms with Crippen LogP contribution >= 0.6 is 11.3 Å². The van der Waals surface area contributed by atoms with Crippen LogP contribution in [0.4, 0.5) is 4.79 Å². The molecule has 5 rings (SSSR count). The number of rotatable bonds is 10. The Morgan fingerprint density at radius 3 is 2.42 bits per heavy atom. The number of ether oxygens (including phenoxy) is 1. The highest BCUT2D eigenvalue weighted by atomic mass is 32.1. The van der Waals surface area contributed by atoms with Crippen molar-refractivity contribution in [2.75, 3.05) is 19.7 Å². The van der Waals surface area contributed by atoms with E-state index >= 15 is 0 Å². The second-order valence-corrected chi connectivity index (χ2v) is 10.8. The Morgan fingerprint density at radius 2 is 1.73 bits per heavy atom. The summed E-state index contributed by atoms with van der Waals surface area (Å²) in [5.74, 6) is -0.168. The average Bonchev–Trinajstić information content (AvgIpc) is 3.58. The first-order chi connectivity index (χ1) is 19.4. The van der Waals surface area contributed by atoms with E-state index in [1.165, 1.54) is 17.2 Å². The number of hydrogen-bond acceptors (Lipinski definition) is 6. The van der Waals surface area contributed by atoms with Crippen LogP contribution in [0.5, 0.6) is 5.75 Å². The van der Waals surface area contributed by atoms with Gasteiger partial charge < -0.3 is 24.6 Å². The van der Waals surface area contributed by atoms with Gasteiger partial charge in [0.2, 0.25) is 5.91 Å². The first-order valence-electron chi connectivity index (χ1n) is 13.2. The fourth-order valence-corrected chi connectivity index (χ4v) is 6.13. The maximum atomic E-state index is 13.3. The zero-order valence-corrected chi connectivity index (χ0v) is 22.9. The van der Waals surface area contributed by atoms with Gasteiger partial charge in [-0.25, -0.2) is 4.79 Å². The van der Waals surface area contributed by atoms with Crippen molar-refractivity contribution in [2.45, 2.75) is 31.8 Å². The number of carbonyl (C=O) groups is 2. The normalized spacial score (nSPS) is 12.7. The molecular weight excluding hydrogens is 526 g/mol. The van der Waals surface area contributed by atoms with E-state index in [0.717, 1.165) is 35.3 Å². The number of benzene rings is 3. The third-order valence-corrected chi connectivity index (χ3v) is 8.21. The predicted molar refractivity (Wildman–Crippen MR) is 156 cm³/mol. The number of nitrogens with zero attached hydrogens (tertiary/aromatic N) is 2.